The zero-order chi connectivity index (χ0) is 35.3. The largest absolute Gasteiger partial charge is 0.497 e. The normalized spacial score (nSPS) is 25.8. The summed E-state index contributed by atoms with van der Waals surface area (Å²) in [5.41, 5.74) is 4.30. The van der Waals surface area contributed by atoms with Crippen molar-refractivity contribution in [1.82, 2.24) is 19.1 Å². The van der Waals surface area contributed by atoms with Crippen molar-refractivity contribution in [1.29, 1.82) is 0 Å². The molecule has 2 aromatic carbocycles. The van der Waals surface area contributed by atoms with Crippen LogP contribution in [0.3, 0.4) is 0 Å². The van der Waals surface area contributed by atoms with Gasteiger partial charge in [0, 0.05) is 47.6 Å². The van der Waals surface area contributed by atoms with E-state index in [0.717, 1.165) is 71.8 Å². The third kappa shape index (κ3) is 5.45. The van der Waals surface area contributed by atoms with Crippen LogP contribution in [-0.4, -0.2) is 84.8 Å². The zero-order valence-electron chi connectivity index (χ0n) is 29.5. The van der Waals surface area contributed by atoms with Crippen LogP contribution in [0.2, 0.25) is 0 Å². The number of carbonyl (C=O) groups excluding carboxylic acids is 3. The van der Waals surface area contributed by atoms with Crippen LogP contribution in [0.15, 0.2) is 36.4 Å². The van der Waals surface area contributed by atoms with Crippen molar-refractivity contribution in [3.05, 3.63) is 53.1 Å². The molecule has 0 spiro atoms. The number of rotatable bonds is 5. The summed E-state index contributed by atoms with van der Waals surface area (Å²) < 4.78 is 39.8. The van der Waals surface area contributed by atoms with Crippen molar-refractivity contribution in [2.24, 2.45) is 5.41 Å². The van der Waals surface area contributed by atoms with Crippen molar-refractivity contribution < 1.29 is 32.3 Å². The van der Waals surface area contributed by atoms with E-state index in [1.807, 2.05) is 37.8 Å². The summed E-state index contributed by atoms with van der Waals surface area (Å²) in [6, 6.07) is 11.5. The first kappa shape index (κ1) is 33.1. The predicted octanol–water partition coefficient (Wildman–Crippen LogP) is 5.76. The number of nitrogens with zero attached hydrogens (tertiary/aromatic N) is 3. The maximum atomic E-state index is 15.0. The van der Waals surface area contributed by atoms with Gasteiger partial charge in [0.15, 0.2) is 0 Å². The quantitative estimate of drug-likeness (QED) is 0.358. The van der Waals surface area contributed by atoms with Crippen LogP contribution in [0.1, 0.15) is 99.0 Å². The summed E-state index contributed by atoms with van der Waals surface area (Å²) in [4.78, 5) is 44.9. The van der Waals surface area contributed by atoms with Gasteiger partial charge in [-0.1, -0.05) is 25.3 Å². The molecule has 3 amide bonds. The third-order valence-electron chi connectivity index (χ3n) is 11.6. The number of piperazine rings is 1. The zero-order valence-corrected chi connectivity index (χ0v) is 30.3. The summed E-state index contributed by atoms with van der Waals surface area (Å²) in [5.74, 6) is 0.469. The van der Waals surface area contributed by atoms with Gasteiger partial charge in [0.1, 0.15) is 11.4 Å². The van der Waals surface area contributed by atoms with Gasteiger partial charge in [-0.3, -0.25) is 9.59 Å². The molecule has 3 aliphatic heterocycles. The van der Waals surface area contributed by atoms with Crippen LogP contribution < -0.4 is 9.46 Å². The van der Waals surface area contributed by atoms with Gasteiger partial charge in [0.2, 0.25) is 15.9 Å². The van der Waals surface area contributed by atoms with Crippen LogP contribution in [0.5, 0.6) is 5.75 Å². The molecule has 4 fully saturated rings. The molecule has 2 saturated carbocycles. The highest BCUT2D eigenvalue weighted by Gasteiger charge is 2.65. The fourth-order valence-corrected chi connectivity index (χ4v) is 9.85. The molecule has 2 unspecified atom stereocenters. The van der Waals surface area contributed by atoms with Gasteiger partial charge in [-0.25, -0.2) is 17.9 Å². The minimum Gasteiger partial charge on any atom is -0.497 e. The maximum Gasteiger partial charge on any atom is 0.410 e. The first-order valence-corrected chi connectivity index (χ1v) is 19.7. The Balaban J connectivity index is 1.24. The molecule has 2 aliphatic carbocycles. The van der Waals surface area contributed by atoms with Gasteiger partial charge < -0.3 is 23.8 Å². The maximum absolute atomic E-state index is 15.0. The summed E-state index contributed by atoms with van der Waals surface area (Å²) in [6.45, 7) is 6.96. The molecule has 2 saturated heterocycles. The molecule has 1 aromatic heterocycles. The lowest BCUT2D eigenvalue weighted by atomic mass is 9.81. The number of ether oxygens (including phenoxy) is 2. The number of methoxy groups -OCH3 is 1. The Labute approximate surface area is 293 Å². The minimum atomic E-state index is -3.76. The minimum absolute atomic E-state index is 0.0212. The number of aromatic nitrogens is 1. The smallest absolute Gasteiger partial charge is 0.410 e. The van der Waals surface area contributed by atoms with Crippen LogP contribution in [0, 0.1) is 5.41 Å². The van der Waals surface area contributed by atoms with Crippen molar-refractivity contribution in [2.45, 2.75) is 102 Å². The number of fused-ring (bicyclic) bond motifs is 9. The molecule has 0 radical (unpaired) electrons. The number of likely N-dealkylation sites (tertiary alicyclic amines) is 2. The molecule has 1 N–H and O–H groups in total. The fraction of sp³-hybridized carbons (Fsp3) is 0.553. The molecule has 4 heterocycles. The second-order valence-corrected chi connectivity index (χ2v) is 17.9. The van der Waals surface area contributed by atoms with Crippen LogP contribution in [0.25, 0.3) is 22.2 Å². The van der Waals surface area contributed by atoms with Gasteiger partial charge in [-0.2, -0.15) is 0 Å². The van der Waals surface area contributed by atoms with Crippen LogP contribution in [-0.2, 0) is 26.1 Å². The van der Waals surface area contributed by atoms with Crippen molar-refractivity contribution >= 4 is 38.8 Å². The number of amides is 3. The number of benzene rings is 2. The second kappa shape index (κ2) is 11.5. The Morgan fingerprint density at radius 2 is 1.68 bits per heavy atom. The predicted molar refractivity (Wildman–Crippen MR) is 189 cm³/mol. The standard InChI is InChI=1S/C38H46N4O7S/c1-37(2,3)49-36(45)41-20-24-16-25(41)19-40(24)35(44)38-18-30(38)29-17-26(48-4)12-14-27(29)33-32(22-9-7-6-8-10-22)28-13-11-23(15-31(28)42(33)21-38)34(43)39-50(5,46)47/h11-15,17,22,24-25,30H,6-10,16,18-21H2,1-5H3,(H,39,43)/t24-,25-,30?,38?/m1/s1. The van der Waals surface area contributed by atoms with Gasteiger partial charge in [0.05, 0.1) is 36.6 Å². The van der Waals surface area contributed by atoms with Gasteiger partial charge >= 0.3 is 6.09 Å². The van der Waals surface area contributed by atoms with Crippen molar-refractivity contribution in [3.63, 3.8) is 0 Å². The summed E-state index contributed by atoms with van der Waals surface area (Å²) in [5, 5.41) is 1.04. The highest BCUT2D eigenvalue weighted by molar-refractivity contribution is 7.89. The Morgan fingerprint density at radius 3 is 2.34 bits per heavy atom. The molecule has 11 nitrogen and oxygen atoms in total. The molecule has 3 aromatic rings. The van der Waals surface area contributed by atoms with Crippen LogP contribution in [0.4, 0.5) is 4.79 Å². The molecule has 5 aliphatic rings. The van der Waals surface area contributed by atoms with E-state index in [2.05, 4.69) is 21.4 Å². The molecule has 50 heavy (non-hydrogen) atoms. The van der Waals surface area contributed by atoms with E-state index in [1.54, 1.807) is 24.1 Å². The number of hydrogen-bond acceptors (Lipinski definition) is 7. The van der Waals surface area contributed by atoms with E-state index in [-0.39, 0.29) is 35.6 Å². The first-order valence-electron chi connectivity index (χ1n) is 17.8. The molecule has 2 bridgehead atoms. The lowest BCUT2D eigenvalue weighted by Crippen LogP contribution is -2.53. The SMILES string of the molecule is COc1ccc2c(c1)C1CC1(C(=O)N1C[C@H]3C[C@@H]1CN3C(=O)OC(C)(C)C)Cn1c-2c(C2CCCCC2)c2ccc(C(=O)NS(C)(=O)=O)cc21. The first-order chi connectivity index (χ1) is 23.7. The lowest BCUT2D eigenvalue weighted by molar-refractivity contribution is -0.140. The number of carbonyl (C=O) groups is 3. The molecule has 4 atom stereocenters. The highest BCUT2D eigenvalue weighted by atomic mass is 32.2. The highest BCUT2D eigenvalue weighted by Crippen LogP contribution is 2.66. The van der Waals surface area contributed by atoms with E-state index in [9.17, 15) is 22.8 Å². The Kier molecular flexibility index (Phi) is 7.60. The third-order valence-corrected chi connectivity index (χ3v) is 12.2. The molecular weight excluding hydrogens is 657 g/mol. The summed E-state index contributed by atoms with van der Waals surface area (Å²) in [6.07, 6.45) is 7.67. The van der Waals surface area contributed by atoms with Crippen molar-refractivity contribution in [2.75, 3.05) is 26.5 Å². The van der Waals surface area contributed by atoms with E-state index in [0.29, 0.717) is 32.0 Å². The lowest BCUT2D eigenvalue weighted by Gasteiger charge is -2.37. The second-order valence-electron chi connectivity index (χ2n) is 16.1. The molecule has 12 heteroatoms. The number of hydrogen-bond donors (Lipinski definition) is 1. The van der Waals surface area contributed by atoms with E-state index in [1.165, 1.54) is 12.0 Å². The molecule has 266 valence electrons. The van der Waals surface area contributed by atoms with Crippen LogP contribution >= 0.6 is 0 Å². The van der Waals surface area contributed by atoms with E-state index < -0.39 is 26.9 Å². The summed E-state index contributed by atoms with van der Waals surface area (Å²) >= 11 is 0. The van der Waals surface area contributed by atoms with E-state index >= 15 is 0 Å². The monoisotopic (exact) mass is 702 g/mol. The Morgan fingerprint density at radius 1 is 0.960 bits per heavy atom. The summed E-state index contributed by atoms with van der Waals surface area (Å²) in [7, 11) is -2.10. The van der Waals surface area contributed by atoms with Gasteiger partial charge in [-0.05, 0) is 93.8 Å². The molecule has 8 rings (SSSR count). The van der Waals surface area contributed by atoms with Gasteiger partial charge in [0.25, 0.3) is 5.91 Å². The fourth-order valence-electron chi connectivity index (χ4n) is 9.40. The Hall–Kier alpha value is -4.06. The number of sulfonamides is 1. The molecular formula is C38H46N4O7S. The topological polar surface area (TPSA) is 127 Å². The average molecular weight is 703 g/mol. The van der Waals surface area contributed by atoms with Gasteiger partial charge in [-0.15, -0.1) is 0 Å². The average Bonchev–Trinajstić information content (AvgIpc) is 3.30. The Bertz CT molecular complexity index is 2040. The number of nitrogens with one attached hydrogen (secondary N) is 1. The van der Waals surface area contributed by atoms with E-state index in [4.69, 9.17) is 9.47 Å². The van der Waals surface area contributed by atoms with Crippen molar-refractivity contribution in [3.8, 4) is 17.0 Å².